The van der Waals surface area contributed by atoms with Gasteiger partial charge in [-0.2, -0.15) is 15.4 Å². The van der Waals surface area contributed by atoms with Crippen molar-refractivity contribution in [3.05, 3.63) is 79.1 Å². The molecule has 124 valence electrons. The number of hydrogen-bond acceptors (Lipinski definition) is 4. The highest BCUT2D eigenvalue weighted by Gasteiger charge is 2.12. The molecule has 5 heteroatoms. The monoisotopic (exact) mass is 354 g/mol. The highest BCUT2D eigenvalue weighted by molar-refractivity contribution is 7.22. The predicted molar refractivity (Wildman–Crippen MR) is 106 cm³/mol. The minimum absolute atomic E-state index is 0.858. The number of hydrogen-bond donors (Lipinski definition) is 1. The van der Waals surface area contributed by atoms with Gasteiger partial charge >= 0.3 is 0 Å². The molecule has 0 spiro atoms. The molecule has 1 N–H and O–H groups in total. The lowest BCUT2D eigenvalue weighted by molar-refractivity contribution is 0.942. The van der Waals surface area contributed by atoms with E-state index >= 15 is 0 Å². The van der Waals surface area contributed by atoms with Crippen LogP contribution in [0.3, 0.4) is 0 Å². The van der Waals surface area contributed by atoms with Crippen molar-refractivity contribution in [1.82, 2.24) is 20.4 Å². The molecule has 5 rings (SSSR count). The number of fused-ring (bicyclic) bond motifs is 1. The summed E-state index contributed by atoms with van der Waals surface area (Å²) in [6.07, 6.45) is 3.61. The maximum Gasteiger partial charge on any atom is 0.122 e. The van der Waals surface area contributed by atoms with Gasteiger partial charge < -0.3 is 0 Å². The van der Waals surface area contributed by atoms with Crippen molar-refractivity contribution in [1.29, 1.82) is 0 Å². The number of nitrogens with zero attached hydrogens (tertiary/aromatic N) is 3. The fourth-order valence-corrected chi connectivity index (χ4v) is 4.19. The van der Waals surface area contributed by atoms with Crippen molar-refractivity contribution in [3.63, 3.8) is 0 Å². The largest absolute Gasteiger partial charge is 0.255 e. The molecule has 0 aliphatic heterocycles. The van der Waals surface area contributed by atoms with E-state index in [1.165, 1.54) is 16.5 Å². The zero-order valence-electron chi connectivity index (χ0n) is 13.8. The fourth-order valence-electron chi connectivity index (χ4n) is 3.07. The molecular formula is C21H14N4S. The number of aromatic nitrogens is 4. The molecule has 4 nitrogen and oxygen atoms in total. The molecule has 0 saturated heterocycles. The Bertz CT molecular complexity index is 1160. The summed E-state index contributed by atoms with van der Waals surface area (Å²) >= 11 is 1.69. The van der Waals surface area contributed by atoms with Crippen LogP contribution in [-0.4, -0.2) is 20.4 Å². The lowest BCUT2D eigenvalue weighted by Crippen LogP contribution is -1.84. The van der Waals surface area contributed by atoms with Crippen molar-refractivity contribution >= 4 is 21.4 Å². The van der Waals surface area contributed by atoms with Crippen LogP contribution in [0.5, 0.6) is 0 Å². The minimum atomic E-state index is 0.858. The lowest BCUT2D eigenvalue weighted by Gasteiger charge is -2.05. The first-order valence-electron chi connectivity index (χ1n) is 8.29. The Balaban J connectivity index is 1.58. The third-order valence-corrected chi connectivity index (χ3v) is 5.55. The molecule has 3 heterocycles. The van der Waals surface area contributed by atoms with Gasteiger partial charge in [-0.1, -0.05) is 54.6 Å². The molecule has 0 saturated carbocycles. The Morgan fingerprint density at radius 2 is 1.58 bits per heavy atom. The second-order valence-electron chi connectivity index (χ2n) is 5.99. The summed E-state index contributed by atoms with van der Waals surface area (Å²) in [7, 11) is 0. The molecule has 0 aliphatic carbocycles. The van der Waals surface area contributed by atoms with E-state index in [1.807, 2.05) is 18.3 Å². The molecule has 0 radical (unpaired) electrons. The van der Waals surface area contributed by atoms with Crippen molar-refractivity contribution in [2.24, 2.45) is 0 Å². The molecule has 0 bridgehead atoms. The van der Waals surface area contributed by atoms with Gasteiger partial charge in [0, 0.05) is 11.8 Å². The van der Waals surface area contributed by atoms with E-state index in [2.05, 4.69) is 75.0 Å². The van der Waals surface area contributed by atoms with Crippen LogP contribution in [-0.2, 0) is 0 Å². The number of nitrogens with one attached hydrogen (secondary N) is 1. The first-order valence-corrected chi connectivity index (χ1v) is 9.11. The number of aromatic amines is 1. The van der Waals surface area contributed by atoms with Gasteiger partial charge in [-0.3, -0.25) is 4.98 Å². The first kappa shape index (κ1) is 15.0. The maximum absolute atomic E-state index is 4.64. The van der Waals surface area contributed by atoms with Crippen LogP contribution >= 0.6 is 11.3 Å². The topological polar surface area (TPSA) is 54.5 Å². The Hall–Kier alpha value is -3.31. The molecule has 0 atom stereocenters. The van der Waals surface area contributed by atoms with Gasteiger partial charge in [-0.15, -0.1) is 11.3 Å². The summed E-state index contributed by atoms with van der Waals surface area (Å²) in [5, 5.41) is 11.9. The van der Waals surface area contributed by atoms with Crippen molar-refractivity contribution in [2.45, 2.75) is 0 Å². The molecule has 3 aromatic heterocycles. The van der Waals surface area contributed by atoms with Crippen molar-refractivity contribution in [2.75, 3.05) is 0 Å². The van der Waals surface area contributed by atoms with Crippen LogP contribution in [0.15, 0.2) is 79.1 Å². The molecule has 26 heavy (non-hydrogen) atoms. The van der Waals surface area contributed by atoms with Crippen LogP contribution in [0.1, 0.15) is 0 Å². The van der Waals surface area contributed by atoms with E-state index in [1.54, 1.807) is 17.5 Å². The average molecular weight is 354 g/mol. The second kappa shape index (κ2) is 6.20. The van der Waals surface area contributed by atoms with Gasteiger partial charge in [0.15, 0.2) is 0 Å². The van der Waals surface area contributed by atoms with E-state index in [4.69, 9.17) is 0 Å². The molecule has 5 aromatic rings. The smallest absolute Gasteiger partial charge is 0.122 e. The zero-order valence-corrected chi connectivity index (χ0v) is 14.6. The predicted octanol–water partition coefficient (Wildman–Crippen LogP) is 5.42. The number of benzene rings is 2. The molecule has 0 amide bonds. The van der Waals surface area contributed by atoms with E-state index in [0.717, 1.165) is 26.5 Å². The van der Waals surface area contributed by atoms with Crippen molar-refractivity contribution in [3.8, 4) is 33.0 Å². The van der Waals surface area contributed by atoms with Crippen LogP contribution < -0.4 is 0 Å². The first-order chi connectivity index (χ1) is 12.9. The second-order valence-corrected chi connectivity index (χ2v) is 7.04. The molecule has 0 fully saturated rings. The van der Waals surface area contributed by atoms with Gasteiger partial charge in [0.25, 0.3) is 0 Å². The number of H-pyrrole nitrogens is 1. The van der Waals surface area contributed by atoms with E-state index in [0.29, 0.717) is 0 Å². The number of thiophene rings is 1. The van der Waals surface area contributed by atoms with Gasteiger partial charge in [0.2, 0.25) is 0 Å². The summed E-state index contributed by atoms with van der Waals surface area (Å²) < 4.78 is 1.16. The van der Waals surface area contributed by atoms with Crippen molar-refractivity contribution < 1.29 is 0 Å². The van der Waals surface area contributed by atoms with Gasteiger partial charge in [-0.25, -0.2) is 0 Å². The normalized spacial score (nSPS) is 11.1. The number of rotatable bonds is 3. The number of pyridine rings is 1. The standard InChI is InChI=1S/C21H14N4S/c1-2-4-14(5-3-1)15-6-8-16(9-7-15)20-21-17(10-11-22-20)12-19(26-21)18-13-23-25-24-18/h1-13H,(H,23,24,25). The molecule has 0 aliphatic rings. The quantitative estimate of drug-likeness (QED) is 0.471. The average Bonchev–Trinajstić information content (AvgIpc) is 3.38. The summed E-state index contributed by atoms with van der Waals surface area (Å²) in [4.78, 5) is 5.73. The summed E-state index contributed by atoms with van der Waals surface area (Å²) in [5.74, 6) is 0. The summed E-state index contributed by atoms with van der Waals surface area (Å²) in [5.41, 5.74) is 5.40. The summed E-state index contributed by atoms with van der Waals surface area (Å²) in [6, 6.07) is 23.2. The third kappa shape index (κ3) is 2.59. The van der Waals surface area contributed by atoms with Crippen LogP contribution in [0, 0.1) is 0 Å². The lowest BCUT2D eigenvalue weighted by atomic mass is 10.0. The maximum atomic E-state index is 4.64. The van der Waals surface area contributed by atoms with E-state index in [9.17, 15) is 0 Å². The van der Waals surface area contributed by atoms with Crippen LogP contribution in [0.4, 0.5) is 0 Å². The molecular weight excluding hydrogens is 340 g/mol. The summed E-state index contributed by atoms with van der Waals surface area (Å²) in [6.45, 7) is 0. The van der Waals surface area contributed by atoms with E-state index < -0.39 is 0 Å². The molecule has 2 aromatic carbocycles. The van der Waals surface area contributed by atoms with E-state index in [-0.39, 0.29) is 0 Å². The highest BCUT2D eigenvalue weighted by atomic mass is 32.1. The third-order valence-electron chi connectivity index (χ3n) is 4.37. The van der Waals surface area contributed by atoms with Gasteiger partial charge in [-0.05, 0) is 28.6 Å². The zero-order chi connectivity index (χ0) is 17.3. The van der Waals surface area contributed by atoms with Gasteiger partial charge in [0.1, 0.15) is 5.69 Å². The minimum Gasteiger partial charge on any atom is -0.255 e. The Morgan fingerprint density at radius 1 is 0.808 bits per heavy atom. The van der Waals surface area contributed by atoms with Gasteiger partial charge in [0.05, 0.1) is 21.5 Å². The Labute approximate surface area is 154 Å². The fraction of sp³-hybridized carbons (Fsp3) is 0. The van der Waals surface area contributed by atoms with Crippen LogP contribution in [0.2, 0.25) is 0 Å². The Kier molecular flexibility index (Phi) is 3.57. The molecule has 0 unspecified atom stereocenters. The highest BCUT2D eigenvalue weighted by Crippen LogP contribution is 2.37. The SMILES string of the molecule is c1ccc(-c2ccc(-c3nccc4cc(-c5cn[nH]n5)sc34)cc2)cc1. The van der Waals surface area contributed by atoms with Crippen LogP contribution in [0.25, 0.3) is 43.0 Å². The Morgan fingerprint density at radius 3 is 2.35 bits per heavy atom.